The van der Waals surface area contributed by atoms with Crippen molar-refractivity contribution < 1.29 is 14.3 Å². The van der Waals surface area contributed by atoms with Crippen LogP contribution in [0.2, 0.25) is 0 Å². The Morgan fingerprint density at radius 2 is 2.27 bits per heavy atom. The fourth-order valence-electron chi connectivity index (χ4n) is 6.62. The van der Waals surface area contributed by atoms with E-state index in [-0.39, 0.29) is 11.5 Å². The van der Waals surface area contributed by atoms with Crippen molar-refractivity contribution in [3.05, 3.63) is 23.3 Å². The summed E-state index contributed by atoms with van der Waals surface area (Å²) in [6.45, 7) is 0. The molecular weight excluding hydrogens is 278 g/mol. The number of ketones is 1. The summed E-state index contributed by atoms with van der Waals surface area (Å²) in [7, 11) is 3.94. The number of hydrogen-bond acceptors (Lipinski definition) is 4. The highest BCUT2D eigenvalue weighted by Gasteiger charge is 2.81. The number of fused-ring (bicyclic) bond motifs is 1. The van der Waals surface area contributed by atoms with Crippen molar-refractivity contribution in [2.75, 3.05) is 14.2 Å². The van der Waals surface area contributed by atoms with Gasteiger partial charge in [0.2, 0.25) is 0 Å². The Kier molecular flexibility index (Phi) is 1.74. The highest BCUT2D eigenvalue weighted by molar-refractivity contribution is 5.89. The van der Waals surface area contributed by atoms with Crippen molar-refractivity contribution >= 4 is 5.78 Å². The van der Waals surface area contributed by atoms with Gasteiger partial charge >= 0.3 is 0 Å². The number of carbonyl (C=O) groups is 1. The van der Waals surface area contributed by atoms with E-state index >= 15 is 0 Å². The van der Waals surface area contributed by atoms with E-state index in [1.807, 2.05) is 6.07 Å². The molecule has 5 aliphatic rings. The highest BCUT2D eigenvalue weighted by Crippen LogP contribution is 2.74. The van der Waals surface area contributed by atoms with E-state index in [2.05, 4.69) is 18.0 Å². The first-order chi connectivity index (χ1) is 10.6. The van der Waals surface area contributed by atoms with Crippen molar-refractivity contribution in [1.29, 1.82) is 0 Å². The van der Waals surface area contributed by atoms with Crippen LogP contribution in [0.15, 0.2) is 12.1 Å². The zero-order chi connectivity index (χ0) is 14.9. The monoisotopic (exact) mass is 297 g/mol. The van der Waals surface area contributed by atoms with Crippen LogP contribution < -0.4 is 9.47 Å². The second-order valence-corrected chi connectivity index (χ2v) is 7.79. The third kappa shape index (κ3) is 0.937. The van der Waals surface area contributed by atoms with Crippen LogP contribution in [-0.2, 0) is 16.6 Å². The van der Waals surface area contributed by atoms with Gasteiger partial charge in [0.05, 0.1) is 7.11 Å². The molecule has 1 aromatic rings. The Morgan fingerprint density at radius 3 is 3.09 bits per heavy atom. The second-order valence-electron chi connectivity index (χ2n) is 7.79. The number of Topliss-reactive ketones (excluding diaryl/α,β-unsaturated/α-hetero) is 1. The maximum absolute atomic E-state index is 12.6. The van der Waals surface area contributed by atoms with Crippen molar-refractivity contribution in [2.45, 2.75) is 48.8 Å². The molecule has 22 heavy (non-hydrogen) atoms. The maximum atomic E-state index is 12.6. The van der Waals surface area contributed by atoms with Gasteiger partial charge in [-0.3, -0.25) is 9.69 Å². The number of hydrogen-bond donors (Lipinski definition) is 0. The third-order valence-corrected chi connectivity index (χ3v) is 7.33. The summed E-state index contributed by atoms with van der Waals surface area (Å²) in [5, 5.41) is 0. The Balaban J connectivity index is 1.69. The van der Waals surface area contributed by atoms with Crippen LogP contribution in [-0.4, -0.2) is 42.5 Å². The van der Waals surface area contributed by atoms with Crippen LogP contribution in [0.4, 0.5) is 0 Å². The first kappa shape index (κ1) is 11.9. The average molecular weight is 297 g/mol. The molecule has 2 saturated carbocycles. The zero-order valence-electron chi connectivity index (χ0n) is 12.9. The number of likely N-dealkylation sites (N-methyl/N-ethyl adjacent to an activating group) is 1. The predicted octanol–water partition coefficient (Wildman–Crippen LogP) is 1.69. The lowest BCUT2D eigenvalue weighted by Crippen LogP contribution is -2.54. The molecule has 6 atom stereocenters. The SMILES string of the molecule is COc1ccc2c3c1O[C@H]1C(=O)CCC4[C@@H]5N(C)[C@]5(C2)C[C@@]341. The number of rotatable bonds is 1. The minimum Gasteiger partial charge on any atom is -0.493 e. The van der Waals surface area contributed by atoms with Crippen LogP contribution in [0.3, 0.4) is 0 Å². The van der Waals surface area contributed by atoms with Crippen LogP contribution in [0.5, 0.6) is 11.5 Å². The quantitative estimate of drug-likeness (QED) is 0.739. The second kappa shape index (κ2) is 3.21. The summed E-state index contributed by atoms with van der Waals surface area (Å²) < 4.78 is 11.8. The zero-order valence-corrected chi connectivity index (χ0v) is 12.9. The molecule has 6 rings (SSSR count). The molecule has 1 aromatic carbocycles. The molecule has 3 fully saturated rings. The fourth-order valence-corrected chi connectivity index (χ4v) is 6.62. The maximum Gasteiger partial charge on any atom is 0.174 e. The van der Waals surface area contributed by atoms with Gasteiger partial charge < -0.3 is 9.47 Å². The van der Waals surface area contributed by atoms with E-state index in [1.54, 1.807) is 7.11 Å². The molecule has 114 valence electrons. The molecule has 3 aliphatic carbocycles. The molecule has 4 nitrogen and oxygen atoms in total. The summed E-state index contributed by atoms with van der Waals surface area (Å²) in [5.74, 6) is 2.51. The topological polar surface area (TPSA) is 38.5 Å². The van der Waals surface area contributed by atoms with Gasteiger partial charge in [-0.1, -0.05) is 6.07 Å². The van der Waals surface area contributed by atoms with Gasteiger partial charge in [-0.15, -0.1) is 0 Å². The Bertz CT molecular complexity index is 759. The van der Waals surface area contributed by atoms with Gasteiger partial charge in [0.1, 0.15) is 0 Å². The van der Waals surface area contributed by atoms with Crippen LogP contribution in [0.25, 0.3) is 0 Å². The molecule has 2 aliphatic heterocycles. The van der Waals surface area contributed by atoms with Gasteiger partial charge in [0.15, 0.2) is 23.4 Å². The lowest BCUT2D eigenvalue weighted by molar-refractivity contribution is -0.133. The van der Waals surface area contributed by atoms with Crippen LogP contribution in [0, 0.1) is 5.92 Å². The Hall–Kier alpha value is -1.55. The van der Waals surface area contributed by atoms with Gasteiger partial charge in [-0.05, 0) is 43.9 Å². The van der Waals surface area contributed by atoms with E-state index in [1.165, 1.54) is 11.1 Å². The number of ether oxygens (including phenoxy) is 2. The molecule has 0 aromatic heterocycles. The average Bonchev–Trinajstić information content (AvgIpc) is 2.85. The summed E-state index contributed by atoms with van der Waals surface area (Å²) in [4.78, 5) is 15.2. The first-order valence-corrected chi connectivity index (χ1v) is 8.26. The number of methoxy groups -OCH3 is 1. The number of nitrogens with zero attached hydrogens (tertiary/aromatic N) is 1. The largest absolute Gasteiger partial charge is 0.493 e. The van der Waals surface area contributed by atoms with Gasteiger partial charge in [-0.2, -0.15) is 0 Å². The van der Waals surface area contributed by atoms with Crippen LogP contribution in [0.1, 0.15) is 30.4 Å². The van der Waals surface area contributed by atoms with Gasteiger partial charge in [-0.25, -0.2) is 0 Å². The molecular formula is C18H19NO3. The van der Waals surface area contributed by atoms with Crippen molar-refractivity contribution in [3.63, 3.8) is 0 Å². The van der Waals surface area contributed by atoms with Crippen molar-refractivity contribution in [3.8, 4) is 11.5 Å². The lowest BCUT2D eigenvalue weighted by atomic mass is 9.59. The van der Waals surface area contributed by atoms with Gasteiger partial charge in [0.25, 0.3) is 0 Å². The molecule has 2 unspecified atom stereocenters. The summed E-state index contributed by atoms with van der Waals surface area (Å²) >= 11 is 0. The summed E-state index contributed by atoms with van der Waals surface area (Å²) in [6.07, 6.45) is 3.61. The number of likely N-dealkylation sites (tertiary alicyclic amines) is 1. The van der Waals surface area contributed by atoms with E-state index in [4.69, 9.17) is 9.47 Å². The van der Waals surface area contributed by atoms with E-state index < -0.39 is 0 Å². The normalized spacial score (nSPS) is 48.5. The van der Waals surface area contributed by atoms with E-state index in [9.17, 15) is 4.79 Å². The minimum atomic E-state index is -0.269. The molecule has 4 heteroatoms. The summed E-state index contributed by atoms with van der Waals surface area (Å²) in [6, 6.07) is 4.85. The van der Waals surface area contributed by atoms with Gasteiger partial charge in [0, 0.05) is 29.0 Å². The minimum absolute atomic E-state index is 0.0655. The summed E-state index contributed by atoms with van der Waals surface area (Å²) in [5.41, 5.74) is 2.93. The van der Waals surface area contributed by atoms with E-state index in [0.717, 1.165) is 30.8 Å². The van der Waals surface area contributed by atoms with Crippen molar-refractivity contribution in [1.82, 2.24) is 4.90 Å². The molecule has 0 radical (unpaired) electrons. The smallest absolute Gasteiger partial charge is 0.174 e. The predicted molar refractivity (Wildman–Crippen MR) is 79.4 cm³/mol. The third-order valence-electron chi connectivity index (χ3n) is 7.33. The molecule has 1 saturated heterocycles. The molecule has 2 bridgehead atoms. The molecule has 2 heterocycles. The number of piperidine rings is 1. The molecule has 0 N–H and O–H groups in total. The lowest BCUT2D eigenvalue weighted by Gasteiger charge is -2.45. The first-order valence-electron chi connectivity index (χ1n) is 8.26. The number of carbonyl (C=O) groups excluding carboxylic acids is 1. The fraction of sp³-hybridized carbons (Fsp3) is 0.611. The van der Waals surface area contributed by atoms with E-state index in [0.29, 0.717) is 29.7 Å². The van der Waals surface area contributed by atoms with Crippen molar-refractivity contribution in [2.24, 2.45) is 5.92 Å². The van der Waals surface area contributed by atoms with Crippen LogP contribution >= 0.6 is 0 Å². The Morgan fingerprint density at radius 1 is 1.41 bits per heavy atom. The molecule has 2 spiro atoms. The molecule has 0 amide bonds. The highest BCUT2D eigenvalue weighted by atomic mass is 16.5. The number of benzene rings is 1. The standard InChI is InChI=1S/C18H19NO3/c1-19-15-10-4-5-11(20)16-18(10)8-17(15,19)7-9-3-6-12(21-2)14(22-16)13(9)18/h3,6,10,15-16H,4-5,7-8H2,1-2H3/t10?,15-,16-,17+,18-,19?/m0/s1. The Labute approximate surface area is 129 Å².